The molecule has 0 fully saturated rings. The van der Waals surface area contributed by atoms with Gasteiger partial charge in [-0.3, -0.25) is 0 Å². The van der Waals surface area contributed by atoms with E-state index in [-0.39, 0.29) is 46.5 Å². The lowest BCUT2D eigenvalue weighted by molar-refractivity contribution is 0.670. The summed E-state index contributed by atoms with van der Waals surface area (Å²) in [6, 6.07) is 35.6. The van der Waals surface area contributed by atoms with Crippen LogP contribution in [-0.4, -0.2) is 0 Å². The summed E-state index contributed by atoms with van der Waals surface area (Å²) in [7, 11) is 0. The third kappa shape index (κ3) is 3.65. The lowest BCUT2D eigenvalue weighted by atomic mass is 9.84. The summed E-state index contributed by atoms with van der Waals surface area (Å²) < 4.78 is 67.6. The van der Waals surface area contributed by atoms with Gasteiger partial charge < -0.3 is 4.42 Å². The van der Waals surface area contributed by atoms with E-state index < -0.39 is 12.1 Å². The second-order valence-corrected chi connectivity index (χ2v) is 10.7. The molecule has 0 aliphatic rings. The molecule has 1 heteroatoms. The lowest BCUT2D eigenvalue weighted by Gasteiger charge is -2.18. The standard InChI is InChI=1S/C42H26O/c1-2-12-28(13-3-1)31-21-11-23-38-32-25-24-29(26-39(32)43-42(31)38)40-34-17-6-8-19-36(34)41(37-20-9-7-18-35(37)40)33-22-10-15-27-14-4-5-16-30(27)33/h1-26H/i4D,5D,10D,14D,15D,16D,22D. The number of para-hydroxylation sites is 1. The highest BCUT2D eigenvalue weighted by Crippen LogP contribution is 2.46. The predicted molar refractivity (Wildman–Crippen MR) is 183 cm³/mol. The molecule has 1 nitrogen and oxygen atoms in total. The molecule has 0 spiro atoms. The minimum atomic E-state index is -0.471. The van der Waals surface area contributed by atoms with Crippen molar-refractivity contribution in [3.05, 3.63) is 158 Å². The molecule has 9 rings (SSSR count). The SMILES string of the molecule is [2H]c1c([2H])c([2H])c2c(-c3c4ccccc4c(-c4ccc5c(c4)oc4c(-c6ccccc6)cccc45)c4ccccc34)c([2H])c([2H])c([2H])c2c1[2H]. The van der Waals surface area contributed by atoms with Gasteiger partial charge in [0.2, 0.25) is 0 Å². The molecule has 0 amide bonds. The molecule has 0 bridgehead atoms. The molecule has 1 heterocycles. The minimum Gasteiger partial charge on any atom is -0.455 e. The summed E-state index contributed by atoms with van der Waals surface area (Å²) in [4.78, 5) is 0. The fourth-order valence-electron chi connectivity index (χ4n) is 6.51. The Balaban J connectivity index is 1.38. The number of benzene rings is 8. The van der Waals surface area contributed by atoms with Crippen molar-refractivity contribution in [3.8, 4) is 33.4 Å². The number of hydrogen-bond acceptors (Lipinski definition) is 1. The van der Waals surface area contributed by atoms with Crippen molar-refractivity contribution in [2.24, 2.45) is 0 Å². The average molecular weight is 554 g/mol. The van der Waals surface area contributed by atoms with Crippen molar-refractivity contribution in [2.75, 3.05) is 0 Å². The van der Waals surface area contributed by atoms with Crippen molar-refractivity contribution >= 4 is 54.3 Å². The molecular weight excluding hydrogens is 520 g/mol. The van der Waals surface area contributed by atoms with Crippen LogP contribution in [0.2, 0.25) is 0 Å². The van der Waals surface area contributed by atoms with E-state index in [2.05, 4.69) is 42.5 Å². The Hall–Kier alpha value is -5.66. The fourth-order valence-corrected chi connectivity index (χ4v) is 6.51. The zero-order chi connectivity index (χ0) is 34.4. The summed E-state index contributed by atoms with van der Waals surface area (Å²) >= 11 is 0. The Kier molecular flexibility index (Phi) is 3.95. The highest BCUT2D eigenvalue weighted by atomic mass is 16.3. The van der Waals surface area contributed by atoms with Gasteiger partial charge in [0.1, 0.15) is 11.2 Å². The van der Waals surface area contributed by atoms with Crippen LogP contribution in [0.4, 0.5) is 0 Å². The molecule has 0 unspecified atom stereocenters. The molecule has 0 aliphatic heterocycles. The summed E-state index contributed by atoms with van der Waals surface area (Å²) in [6.07, 6.45) is 0. The van der Waals surface area contributed by atoms with E-state index in [1.54, 1.807) is 0 Å². The zero-order valence-electron chi connectivity index (χ0n) is 29.9. The van der Waals surface area contributed by atoms with Crippen LogP contribution in [0.1, 0.15) is 9.60 Å². The average Bonchev–Trinajstić information content (AvgIpc) is 3.53. The topological polar surface area (TPSA) is 13.1 Å². The maximum Gasteiger partial charge on any atom is 0.143 e. The molecule has 8 aromatic carbocycles. The number of furan rings is 1. The van der Waals surface area contributed by atoms with E-state index in [1.165, 1.54) is 0 Å². The molecule has 0 aliphatic carbocycles. The maximum absolute atomic E-state index is 9.17. The highest BCUT2D eigenvalue weighted by Gasteiger charge is 2.19. The van der Waals surface area contributed by atoms with Crippen LogP contribution < -0.4 is 0 Å². The normalized spacial score (nSPS) is 14.0. The van der Waals surface area contributed by atoms with Gasteiger partial charge in [-0.15, -0.1) is 0 Å². The van der Waals surface area contributed by atoms with Crippen LogP contribution in [0, 0.1) is 0 Å². The molecule has 200 valence electrons. The van der Waals surface area contributed by atoms with Gasteiger partial charge in [-0.25, -0.2) is 0 Å². The third-order valence-electron chi connectivity index (χ3n) is 8.37. The van der Waals surface area contributed by atoms with Gasteiger partial charge in [-0.05, 0) is 72.3 Å². The van der Waals surface area contributed by atoms with Gasteiger partial charge in [0.25, 0.3) is 0 Å². The number of rotatable bonds is 3. The quantitative estimate of drug-likeness (QED) is 0.198. The summed E-state index contributed by atoms with van der Waals surface area (Å²) in [6.45, 7) is 0. The fraction of sp³-hybridized carbons (Fsp3) is 0. The largest absolute Gasteiger partial charge is 0.455 e. The van der Waals surface area contributed by atoms with Crippen molar-refractivity contribution < 1.29 is 14.0 Å². The first kappa shape index (κ1) is 18.0. The Morgan fingerprint density at radius 1 is 0.419 bits per heavy atom. The Bertz CT molecular complexity index is 2830. The van der Waals surface area contributed by atoms with E-state index in [1.807, 2.05) is 72.8 Å². The smallest absolute Gasteiger partial charge is 0.143 e. The second-order valence-electron chi connectivity index (χ2n) is 10.7. The van der Waals surface area contributed by atoms with Gasteiger partial charge in [-0.2, -0.15) is 0 Å². The molecular formula is C42H26O. The van der Waals surface area contributed by atoms with Crippen LogP contribution in [0.5, 0.6) is 0 Å². The van der Waals surface area contributed by atoms with Crippen LogP contribution in [0.3, 0.4) is 0 Å². The van der Waals surface area contributed by atoms with Gasteiger partial charge >= 0.3 is 0 Å². The van der Waals surface area contributed by atoms with Crippen molar-refractivity contribution in [2.45, 2.75) is 0 Å². The summed E-state index contributed by atoms with van der Waals surface area (Å²) in [5, 5.41) is 5.31. The second kappa shape index (κ2) is 9.44. The Labute approximate surface area is 259 Å². The Morgan fingerprint density at radius 3 is 1.84 bits per heavy atom. The van der Waals surface area contributed by atoms with E-state index in [0.717, 1.165) is 65.7 Å². The number of hydrogen-bond donors (Lipinski definition) is 0. The maximum atomic E-state index is 9.17. The van der Waals surface area contributed by atoms with Crippen LogP contribution in [0.25, 0.3) is 87.6 Å². The van der Waals surface area contributed by atoms with E-state index >= 15 is 0 Å². The minimum absolute atomic E-state index is 0.0607. The predicted octanol–water partition coefficient (Wildman–Crippen LogP) is 12.0. The molecule has 9 aromatic rings. The number of fused-ring (bicyclic) bond motifs is 6. The zero-order valence-corrected chi connectivity index (χ0v) is 22.9. The Morgan fingerprint density at radius 2 is 1.07 bits per heavy atom. The van der Waals surface area contributed by atoms with Crippen molar-refractivity contribution in [3.63, 3.8) is 0 Å². The first-order valence-corrected chi connectivity index (χ1v) is 14.2. The molecule has 0 N–H and O–H groups in total. The highest BCUT2D eigenvalue weighted by molar-refractivity contribution is 6.24. The van der Waals surface area contributed by atoms with Gasteiger partial charge in [-0.1, -0.05) is 145 Å². The molecule has 0 saturated heterocycles. The molecule has 0 atom stereocenters. The van der Waals surface area contributed by atoms with Crippen LogP contribution >= 0.6 is 0 Å². The van der Waals surface area contributed by atoms with E-state index in [9.17, 15) is 0 Å². The lowest BCUT2D eigenvalue weighted by Crippen LogP contribution is -1.91. The van der Waals surface area contributed by atoms with E-state index in [4.69, 9.17) is 14.0 Å². The van der Waals surface area contributed by atoms with Gasteiger partial charge in [0, 0.05) is 16.3 Å². The van der Waals surface area contributed by atoms with E-state index in [0.29, 0.717) is 5.56 Å². The molecule has 0 saturated carbocycles. The van der Waals surface area contributed by atoms with Crippen LogP contribution in [0.15, 0.2) is 162 Å². The molecule has 0 radical (unpaired) electrons. The van der Waals surface area contributed by atoms with Gasteiger partial charge in [0.05, 0.1) is 9.60 Å². The first-order valence-electron chi connectivity index (χ1n) is 17.7. The van der Waals surface area contributed by atoms with Crippen molar-refractivity contribution in [1.29, 1.82) is 0 Å². The van der Waals surface area contributed by atoms with Crippen molar-refractivity contribution in [1.82, 2.24) is 0 Å². The summed E-state index contributed by atoms with van der Waals surface area (Å²) in [5.41, 5.74) is 6.34. The molecule has 1 aromatic heterocycles. The molecule has 43 heavy (non-hydrogen) atoms. The summed E-state index contributed by atoms with van der Waals surface area (Å²) in [5.74, 6) is 0. The van der Waals surface area contributed by atoms with Gasteiger partial charge in [0.15, 0.2) is 0 Å². The first-order chi connectivity index (χ1) is 24.3. The third-order valence-corrected chi connectivity index (χ3v) is 8.37. The monoisotopic (exact) mass is 553 g/mol. The van der Waals surface area contributed by atoms with Crippen LogP contribution in [-0.2, 0) is 0 Å².